The second kappa shape index (κ2) is 8.21. The summed E-state index contributed by atoms with van der Waals surface area (Å²) in [6.07, 6.45) is 0.497. The van der Waals surface area contributed by atoms with Crippen LogP contribution in [0.1, 0.15) is 18.1 Å². The molecule has 1 aliphatic rings. The van der Waals surface area contributed by atoms with Crippen LogP contribution in [0.5, 0.6) is 17.2 Å². The lowest BCUT2D eigenvalue weighted by Gasteiger charge is -2.23. The molecule has 0 radical (unpaired) electrons. The van der Waals surface area contributed by atoms with E-state index in [0.717, 1.165) is 16.8 Å². The summed E-state index contributed by atoms with van der Waals surface area (Å²) >= 11 is 0. The number of ether oxygens (including phenoxy) is 3. The van der Waals surface area contributed by atoms with Crippen LogP contribution in [0.4, 0.5) is 5.69 Å². The fourth-order valence-corrected chi connectivity index (χ4v) is 3.53. The van der Waals surface area contributed by atoms with Crippen LogP contribution in [0.15, 0.2) is 36.4 Å². The van der Waals surface area contributed by atoms with Crippen LogP contribution in [-0.2, 0) is 22.6 Å². The number of rotatable bonds is 6. The maximum Gasteiger partial charge on any atom is 0.243 e. The van der Waals surface area contributed by atoms with Crippen LogP contribution in [-0.4, -0.2) is 39.2 Å². The number of anilines is 1. The molecule has 148 valence electrons. The lowest BCUT2D eigenvalue weighted by molar-refractivity contribution is -0.125. The first-order valence-electron chi connectivity index (χ1n) is 8.94. The Bertz CT molecular complexity index is 871. The summed E-state index contributed by atoms with van der Waals surface area (Å²) in [6, 6.07) is 10.6. The first kappa shape index (κ1) is 19.5. The first-order valence-corrected chi connectivity index (χ1v) is 8.94. The lowest BCUT2D eigenvalue weighted by atomic mass is 10.1. The minimum atomic E-state index is -0.558. The van der Waals surface area contributed by atoms with Gasteiger partial charge in [0.1, 0.15) is 6.04 Å². The number of nitrogens with zero attached hydrogens (tertiary/aromatic N) is 1. The van der Waals surface area contributed by atoms with Gasteiger partial charge < -0.3 is 19.5 Å². The Morgan fingerprint density at radius 1 is 1.07 bits per heavy atom. The number of hydrogen-bond donors (Lipinski definition) is 1. The minimum Gasteiger partial charge on any atom is -0.493 e. The number of amides is 2. The second-order valence-corrected chi connectivity index (χ2v) is 6.49. The third kappa shape index (κ3) is 3.60. The fraction of sp³-hybridized carbons (Fsp3) is 0.333. The number of carbonyl (C=O) groups is 2. The summed E-state index contributed by atoms with van der Waals surface area (Å²) in [6.45, 7) is 1.75. The first-order chi connectivity index (χ1) is 13.5. The van der Waals surface area contributed by atoms with Gasteiger partial charge in [-0.05, 0) is 29.3 Å². The highest BCUT2D eigenvalue weighted by Crippen LogP contribution is 2.38. The van der Waals surface area contributed by atoms with Gasteiger partial charge in [0.25, 0.3) is 0 Å². The van der Waals surface area contributed by atoms with E-state index in [0.29, 0.717) is 23.7 Å². The van der Waals surface area contributed by atoms with Crippen molar-refractivity contribution in [1.82, 2.24) is 5.32 Å². The van der Waals surface area contributed by atoms with Crippen LogP contribution in [0.2, 0.25) is 0 Å². The summed E-state index contributed by atoms with van der Waals surface area (Å²) < 4.78 is 16.0. The van der Waals surface area contributed by atoms with Gasteiger partial charge in [0.05, 0.1) is 21.3 Å². The number of fused-ring (bicyclic) bond motifs is 1. The van der Waals surface area contributed by atoms with E-state index in [4.69, 9.17) is 14.2 Å². The van der Waals surface area contributed by atoms with Crippen molar-refractivity contribution in [1.29, 1.82) is 0 Å². The van der Waals surface area contributed by atoms with E-state index in [1.807, 2.05) is 24.3 Å². The van der Waals surface area contributed by atoms with Crippen molar-refractivity contribution in [2.75, 3.05) is 26.2 Å². The number of benzene rings is 2. The van der Waals surface area contributed by atoms with E-state index >= 15 is 0 Å². The zero-order chi connectivity index (χ0) is 20.3. The van der Waals surface area contributed by atoms with Crippen LogP contribution in [0, 0.1) is 0 Å². The molecule has 3 rings (SSSR count). The molecule has 28 heavy (non-hydrogen) atoms. The molecular formula is C21H24N2O5. The Kier molecular flexibility index (Phi) is 5.73. The number of nitrogens with one attached hydrogen (secondary N) is 1. The Labute approximate surface area is 164 Å². The molecule has 2 amide bonds. The highest BCUT2D eigenvalue weighted by atomic mass is 16.5. The molecule has 2 aromatic rings. The Morgan fingerprint density at radius 2 is 1.71 bits per heavy atom. The van der Waals surface area contributed by atoms with Crippen molar-refractivity contribution in [2.24, 2.45) is 0 Å². The van der Waals surface area contributed by atoms with Crippen LogP contribution in [0.3, 0.4) is 0 Å². The summed E-state index contributed by atoms with van der Waals surface area (Å²) in [5.74, 6) is 1.17. The van der Waals surface area contributed by atoms with Crippen molar-refractivity contribution >= 4 is 17.5 Å². The molecule has 0 aliphatic carbocycles. The monoisotopic (exact) mass is 384 g/mol. The Hall–Kier alpha value is -3.22. The highest BCUT2D eigenvalue weighted by molar-refractivity contribution is 6.02. The summed E-state index contributed by atoms with van der Waals surface area (Å²) in [5.41, 5.74) is 2.58. The molecule has 0 fully saturated rings. The number of para-hydroxylation sites is 1. The van der Waals surface area contributed by atoms with Crippen molar-refractivity contribution in [3.8, 4) is 17.2 Å². The molecule has 2 aromatic carbocycles. The van der Waals surface area contributed by atoms with Gasteiger partial charge in [-0.3, -0.25) is 14.5 Å². The van der Waals surface area contributed by atoms with Gasteiger partial charge in [0.15, 0.2) is 11.5 Å². The number of carbonyl (C=O) groups excluding carboxylic acids is 2. The molecule has 7 nitrogen and oxygen atoms in total. The zero-order valence-electron chi connectivity index (χ0n) is 16.4. The summed E-state index contributed by atoms with van der Waals surface area (Å²) in [4.78, 5) is 26.5. The van der Waals surface area contributed by atoms with E-state index in [2.05, 4.69) is 5.32 Å². The average molecular weight is 384 g/mol. The lowest BCUT2D eigenvalue weighted by Crippen LogP contribution is -2.47. The van der Waals surface area contributed by atoms with Crippen LogP contribution in [0.25, 0.3) is 0 Å². The molecule has 0 spiro atoms. The predicted molar refractivity (Wildman–Crippen MR) is 105 cm³/mol. The van der Waals surface area contributed by atoms with Crippen LogP contribution < -0.4 is 24.4 Å². The maximum atomic E-state index is 12.8. The second-order valence-electron chi connectivity index (χ2n) is 6.49. The predicted octanol–water partition coefficient (Wildman–Crippen LogP) is 2.31. The summed E-state index contributed by atoms with van der Waals surface area (Å²) in [5, 5.41) is 2.92. The fourth-order valence-electron chi connectivity index (χ4n) is 3.53. The smallest absolute Gasteiger partial charge is 0.243 e. The molecule has 0 saturated carbocycles. The third-order valence-corrected chi connectivity index (χ3v) is 4.81. The van der Waals surface area contributed by atoms with Gasteiger partial charge in [-0.25, -0.2) is 0 Å². The average Bonchev–Trinajstić information content (AvgIpc) is 3.11. The molecule has 1 unspecified atom stereocenters. The zero-order valence-corrected chi connectivity index (χ0v) is 16.4. The molecule has 0 saturated heterocycles. The topological polar surface area (TPSA) is 77.1 Å². The molecule has 1 N–H and O–H groups in total. The number of hydrogen-bond acceptors (Lipinski definition) is 5. The van der Waals surface area contributed by atoms with E-state index in [9.17, 15) is 9.59 Å². The van der Waals surface area contributed by atoms with Gasteiger partial charge in [-0.1, -0.05) is 18.2 Å². The standard InChI is InChI=1S/C21H24N2O5/c1-13(24)23-16-8-6-5-7-15(16)11-17(23)21(25)22-12-14-9-18(26-2)20(28-4)19(10-14)27-3/h5-10,17H,11-12H2,1-4H3,(H,22,25). The molecule has 0 aromatic heterocycles. The van der Waals surface area contributed by atoms with E-state index in [1.165, 1.54) is 14.0 Å². The number of methoxy groups -OCH3 is 3. The maximum absolute atomic E-state index is 12.8. The molecule has 7 heteroatoms. The van der Waals surface area contributed by atoms with Gasteiger partial charge in [-0.15, -0.1) is 0 Å². The van der Waals surface area contributed by atoms with Crippen molar-refractivity contribution in [2.45, 2.75) is 25.9 Å². The van der Waals surface area contributed by atoms with Gasteiger partial charge in [0.2, 0.25) is 17.6 Å². The van der Waals surface area contributed by atoms with Gasteiger partial charge in [-0.2, -0.15) is 0 Å². The summed E-state index contributed by atoms with van der Waals surface area (Å²) in [7, 11) is 4.62. The quantitative estimate of drug-likeness (QED) is 0.827. The Morgan fingerprint density at radius 3 is 2.29 bits per heavy atom. The van der Waals surface area contributed by atoms with E-state index in [-0.39, 0.29) is 18.4 Å². The van der Waals surface area contributed by atoms with Crippen molar-refractivity contribution in [3.63, 3.8) is 0 Å². The van der Waals surface area contributed by atoms with E-state index in [1.54, 1.807) is 31.3 Å². The van der Waals surface area contributed by atoms with Crippen molar-refractivity contribution in [3.05, 3.63) is 47.5 Å². The van der Waals surface area contributed by atoms with Crippen LogP contribution >= 0.6 is 0 Å². The van der Waals surface area contributed by atoms with Gasteiger partial charge in [0, 0.05) is 25.6 Å². The highest BCUT2D eigenvalue weighted by Gasteiger charge is 2.36. The SMILES string of the molecule is COc1cc(CNC(=O)C2Cc3ccccc3N2C(C)=O)cc(OC)c1OC. The normalized spacial score (nSPS) is 15.0. The largest absolute Gasteiger partial charge is 0.493 e. The Balaban J connectivity index is 1.77. The molecule has 0 bridgehead atoms. The molecule has 1 heterocycles. The molecule has 1 aliphatic heterocycles. The minimum absolute atomic E-state index is 0.155. The molecular weight excluding hydrogens is 360 g/mol. The molecule has 1 atom stereocenters. The van der Waals surface area contributed by atoms with Crippen molar-refractivity contribution < 1.29 is 23.8 Å². The van der Waals surface area contributed by atoms with Gasteiger partial charge >= 0.3 is 0 Å². The third-order valence-electron chi connectivity index (χ3n) is 4.81. The van der Waals surface area contributed by atoms with E-state index < -0.39 is 6.04 Å².